The quantitative estimate of drug-likeness (QED) is 0.668. The van der Waals surface area contributed by atoms with Crippen LogP contribution >= 0.6 is 23.1 Å². The standard InChI is InChI=1S/C14H12N2OS2/c15-8-4-10-18-12-6-2-1-5-11(12)16-14(17)13-7-3-9-19-13/h1-3,5-7,9H,4,10H2,(H,16,17). The third-order valence-corrected chi connectivity index (χ3v) is 4.30. The van der Waals surface area contributed by atoms with Crippen molar-refractivity contribution in [3.8, 4) is 6.07 Å². The maximum absolute atomic E-state index is 12.0. The van der Waals surface area contributed by atoms with E-state index in [1.807, 2.05) is 35.7 Å². The molecule has 2 rings (SSSR count). The number of carbonyl (C=O) groups is 1. The van der Waals surface area contributed by atoms with Crippen molar-refractivity contribution in [3.63, 3.8) is 0 Å². The first kappa shape index (κ1) is 13.7. The Balaban J connectivity index is 2.07. The summed E-state index contributed by atoms with van der Waals surface area (Å²) in [7, 11) is 0. The van der Waals surface area contributed by atoms with Gasteiger partial charge in [-0.25, -0.2) is 0 Å². The second kappa shape index (κ2) is 6.98. The summed E-state index contributed by atoms with van der Waals surface area (Å²) in [4.78, 5) is 13.7. The van der Waals surface area contributed by atoms with Gasteiger partial charge in [0.2, 0.25) is 0 Å². The van der Waals surface area contributed by atoms with Gasteiger partial charge in [0.15, 0.2) is 0 Å². The highest BCUT2D eigenvalue weighted by Crippen LogP contribution is 2.28. The summed E-state index contributed by atoms with van der Waals surface area (Å²) in [6.07, 6.45) is 0.498. The second-order valence-electron chi connectivity index (χ2n) is 3.68. The van der Waals surface area contributed by atoms with Gasteiger partial charge in [-0.1, -0.05) is 18.2 Å². The number of anilines is 1. The first-order valence-corrected chi connectivity index (χ1v) is 7.61. The van der Waals surface area contributed by atoms with E-state index < -0.39 is 0 Å². The van der Waals surface area contributed by atoms with Crippen LogP contribution in [-0.4, -0.2) is 11.7 Å². The number of hydrogen-bond donors (Lipinski definition) is 1. The maximum Gasteiger partial charge on any atom is 0.265 e. The summed E-state index contributed by atoms with van der Waals surface area (Å²) < 4.78 is 0. The largest absolute Gasteiger partial charge is 0.320 e. The number of carbonyl (C=O) groups excluding carboxylic acids is 1. The molecular formula is C14H12N2OS2. The van der Waals surface area contributed by atoms with Gasteiger partial charge in [0.1, 0.15) is 0 Å². The van der Waals surface area contributed by atoms with Crippen molar-refractivity contribution in [1.29, 1.82) is 5.26 Å². The molecule has 0 bridgehead atoms. The lowest BCUT2D eigenvalue weighted by Crippen LogP contribution is -2.10. The molecule has 0 fully saturated rings. The summed E-state index contributed by atoms with van der Waals surface area (Å²) in [5.74, 6) is 0.630. The Morgan fingerprint density at radius 3 is 2.89 bits per heavy atom. The van der Waals surface area contributed by atoms with Crippen molar-refractivity contribution in [3.05, 3.63) is 46.7 Å². The van der Waals surface area contributed by atoms with Crippen molar-refractivity contribution in [1.82, 2.24) is 0 Å². The zero-order chi connectivity index (χ0) is 13.5. The zero-order valence-corrected chi connectivity index (χ0v) is 11.8. The van der Waals surface area contributed by atoms with Crippen molar-refractivity contribution < 1.29 is 4.79 Å². The number of rotatable bonds is 5. The lowest BCUT2D eigenvalue weighted by atomic mass is 10.3. The van der Waals surface area contributed by atoms with E-state index in [-0.39, 0.29) is 5.91 Å². The predicted octanol–water partition coefficient (Wildman–Crippen LogP) is 4.01. The fraction of sp³-hybridized carbons (Fsp3) is 0.143. The Bertz CT molecular complexity index is 588. The van der Waals surface area contributed by atoms with Crippen LogP contribution in [0.2, 0.25) is 0 Å². The average molecular weight is 288 g/mol. The number of amides is 1. The monoisotopic (exact) mass is 288 g/mol. The van der Waals surface area contributed by atoms with E-state index in [0.29, 0.717) is 11.3 Å². The highest BCUT2D eigenvalue weighted by atomic mass is 32.2. The number of nitriles is 1. The van der Waals surface area contributed by atoms with Crippen LogP contribution in [0.4, 0.5) is 5.69 Å². The van der Waals surface area contributed by atoms with Crippen LogP contribution in [0, 0.1) is 11.3 Å². The molecule has 0 saturated carbocycles. The van der Waals surface area contributed by atoms with Crippen molar-refractivity contribution >= 4 is 34.7 Å². The second-order valence-corrected chi connectivity index (χ2v) is 5.77. The van der Waals surface area contributed by atoms with E-state index in [2.05, 4.69) is 11.4 Å². The molecule has 1 aromatic heterocycles. The Morgan fingerprint density at radius 1 is 1.32 bits per heavy atom. The Kier molecular flexibility index (Phi) is 5.01. The number of benzene rings is 1. The predicted molar refractivity (Wildman–Crippen MR) is 79.7 cm³/mol. The van der Waals surface area contributed by atoms with E-state index in [9.17, 15) is 4.79 Å². The molecule has 0 spiro atoms. The molecule has 0 aliphatic heterocycles. The molecule has 0 atom stereocenters. The first-order valence-electron chi connectivity index (χ1n) is 5.75. The van der Waals surface area contributed by atoms with Gasteiger partial charge in [-0.15, -0.1) is 23.1 Å². The van der Waals surface area contributed by atoms with Crippen LogP contribution in [0.5, 0.6) is 0 Å². The van der Waals surface area contributed by atoms with Crippen LogP contribution < -0.4 is 5.32 Å². The lowest BCUT2D eigenvalue weighted by molar-refractivity contribution is 0.103. The highest BCUT2D eigenvalue weighted by Gasteiger charge is 2.09. The summed E-state index contributed by atoms with van der Waals surface area (Å²) >= 11 is 2.99. The van der Waals surface area contributed by atoms with E-state index in [1.165, 1.54) is 11.3 Å². The average Bonchev–Trinajstić information content (AvgIpc) is 2.95. The number of thiophene rings is 1. The van der Waals surface area contributed by atoms with E-state index in [1.54, 1.807) is 17.8 Å². The first-order chi connectivity index (χ1) is 9.31. The molecule has 3 nitrogen and oxygen atoms in total. The molecule has 0 saturated heterocycles. The molecule has 0 radical (unpaired) electrons. The molecule has 0 aliphatic rings. The Morgan fingerprint density at radius 2 is 2.16 bits per heavy atom. The smallest absolute Gasteiger partial charge is 0.265 e. The van der Waals surface area contributed by atoms with Gasteiger partial charge in [-0.2, -0.15) is 5.26 Å². The molecule has 1 heterocycles. The third-order valence-electron chi connectivity index (χ3n) is 2.35. The molecule has 96 valence electrons. The number of nitrogens with one attached hydrogen (secondary N) is 1. The van der Waals surface area contributed by atoms with Crippen LogP contribution in [-0.2, 0) is 0 Å². The highest BCUT2D eigenvalue weighted by molar-refractivity contribution is 7.99. The number of hydrogen-bond acceptors (Lipinski definition) is 4. The van der Waals surface area contributed by atoms with Crippen LogP contribution in [0.3, 0.4) is 0 Å². The molecule has 1 aromatic carbocycles. The van der Waals surface area contributed by atoms with E-state index >= 15 is 0 Å². The van der Waals surface area contributed by atoms with Crippen molar-refractivity contribution in [2.24, 2.45) is 0 Å². The Labute approximate surface area is 120 Å². The van der Waals surface area contributed by atoms with Crippen LogP contribution in [0.1, 0.15) is 16.1 Å². The van der Waals surface area contributed by atoms with Gasteiger partial charge in [0.25, 0.3) is 5.91 Å². The van der Waals surface area contributed by atoms with E-state index in [4.69, 9.17) is 5.26 Å². The third kappa shape index (κ3) is 3.85. The van der Waals surface area contributed by atoms with Gasteiger partial charge < -0.3 is 5.32 Å². The zero-order valence-electron chi connectivity index (χ0n) is 10.1. The Hall–Kier alpha value is -1.77. The lowest BCUT2D eigenvalue weighted by Gasteiger charge is -2.09. The fourth-order valence-electron chi connectivity index (χ4n) is 1.49. The molecule has 2 aromatic rings. The van der Waals surface area contributed by atoms with Crippen LogP contribution in [0.15, 0.2) is 46.7 Å². The fourth-order valence-corrected chi connectivity index (χ4v) is 2.98. The molecular weight excluding hydrogens is 276 g/mol. The van der Waals surface area contributed by atoms with Gasteiger partial charge in [-0.3, -0.25) is 4.79 Å². The minimum atomic E-state index is -0.0941. The molecule has 19 heavy (non-hydrogen) atoms. The van der Waals surface area contributed by atoms with Gasteiger partial charge >= 0.3 is 0 Å². The topological polar surface area (TPSA) is 52.9 Å². The molecule has 5 heteroatoms. The maximum atomic E-state index is 12.0. The SMILES string of the molecule is N#CCCSc1ccccc1NC(=O)c1cccs1. The van der Waals surface area contributed by atoms with Crippen LogP contribution in [0.25, 0.3) is 0 Å². The van der Waals surface area contributed by atoms with Crippen molar-refractivity contribution in [2.75, 3.05) is 11.1 Å². The molecule has 1 N–H and O–H groups in total. The summed E-state index contributed by atoms with van der Waals surface area (Å²) in [5.41, 5.74) is 0.795. The number of nitrogens with zero attached hydrogens (tertiary/aromatic N) is 1. The summed E-state index contributed by atoms with van der Waals surface area (Å²) in [6, 6.07) is 13.4. The normalized spacial score (nSPS) is 9.84. The number of thioether (sulfide) groups is 1. The van der Waals surface area contributed by atoms with Crippen molar-refractivity contribution in [2.45, 2.75) is 11.3 Å². The minimum Gasteiger partial charge on any atom is -0.320 e. The molecule has 0 aliphatic carbocycles. The van der Waals surface area contributed by atoms with E-state index in [0.717, 1.165) is 16.3 Å². The van der Waals surface area contributed by atoms with Gasteiger partial charge in [0.05, 0.1) is 16.6 Å². The molecule has 0 unspecified atom stereocenters. The van der Waals surface area contributed by atoms with Gasteiger partial charge in [0, 0.05) is 17.1 Å². The van der Waals surface area contributed by atoms with Gasteiger partial charge in [-0.05, 0) is 23.6 Å². The summed E-state index contributed by atoms with van der Waals surface area (Å²) in [6.45, 7) is 0. The number of para-hydroxylation sites is 1. The molecule has 1 amide bonds. The summed E-state index contributed by atoms with van der Waals surface area (Å²) in [5, 5.41) is 13.3. The minimum absolute atomic E-state index is 0.0941.